The van der Waals surface area contributed by atoms with Crippen molar-refractivity contribution in [1.29, 1.82) is 0 Å². The zero-order chi connectivity index (χ0) is 104. The predicted molar refractivity (Wildman–Crippen MR) is 514 cm³/mol. The third-order valence-corrected chi connectivity index (χ3v) is 39.0. The molecule has 6 aromatic rings. The molecule has 0 amide bonds. The standard InChI is InChI=1S/2C30H48O3.C27H30O16.C21H20O12/c1-18-10-15-30(25(32)33)17-16-28(6)20(24(30)19(18)2)8-9-22-27(5)13-12-23(31)26(3,4)21(27)11-14-29(22,28)7;1-25(2)14-16-30(24(32)33)17-15-28(6)19(20(30)18-25)8-9-22-27(5)12-11-23(31)26(3,4)21(27)10-13-29(22,28)7;1-8-17(32)20(35)22(37)26(40-8)39-7-15-18(33)21(36)23(38)27(42-15)43-25-19(34)16-13(31)5-10(28)6-14(16)41-24(25)9-2-3-11(29)12(30)4-9;22-6-13-15(27)17(29)18(30)21(32-13)33-20-16(28)14-11(26)4-8(23)5-12(14)31-19(20)7-1-2-9(24)10(25)3-7/h8,18-19,21-24,31H,9-17H2,1-7H3,(H,32,33);8,20-23,31H,9-18H2,1-7H3,(H,32,33);2-6,8,15,17-18,20-23,26-33,35-38H,7H2,1H3;1-5,13,15,17-18,21-27,29-30H,6H2/t18-,19+,21+,22-,23+,24+,27+,28-,29-,30+;20-,21-,22+,23-,27-,28+,29+,30-;8-,15+,17-,18+,20+,21-,22+,23+,26+,27-;13-,15+,17+,18-,21?/m1001/s1. The van der Waals surface area contributed by atoms with Gasteiger partial charge in [0.1, 0.15) is 112 Å². The van der Waals surface area contributed by atoms with Crippen molar-refractivity contribution in [1.82, 2.24) is 0 Å². The van der Waals surface area contributed by atoms with Gasteiger partial charge >= 0.3 is 11.9 Å². The molecule has 3 saturated heterocycles. The van der Waals surface area contributed by atoms with Gasteiger partial charge in [-0.2, -0.15) is 0 Å². The van der Waals surface area contributed by atoms with Gasteiger partial charge in [-0.05, 0) is 261 Å². The summed E-state index contributed by atoms with van der Waals surface area (Å²) in [4.78, 5) is 52.4. The summed E-state index contributed by atoms with van der Waals surface area (Å²) in [6, 6.07) is 10.6. The van der Waals surface area contributed by atoms with Crippen LogP contribution in [0.5, 0.6) is 57.5 Å². The number of hydrogen-bond acceptors (Lipinski definition) is 32. The molecule has 33 atom stereocenters. The lowest BCUT2D eigenvalue weighted by molar-refractivity contribution is -0.318. The molecule has 34 nitrogen and oxygen atoms in total. The highest BCUT2D eigenvalue weighted by Crippen LogP contribution is 2.79. The summed E-state index contributed by atoms with van der Waals surface area (Å²) in [5.74, 6) is -3.75. The molecule has 2 aromatic heterocycles. The summed E-state index contributed by atoms with van der Waals surface area (Å²) in [7, 11) is 0. The van der Waals surface area contributed by atoms with Crippen molar-refractivity contribution in [2.45, 2.75) is 330 Å². The summed E-state index contributed by atoms with van der Waals surface area (Å²) in [5, 5.41) is 223. The van der Waals surface area contributed by atoms with E-state index in [0.29, 0.717) is 35.5 Å². The highest BCUT2D eigenvalue weighted by atomic mass is 16.7. The SMILES string of the molecule is CC1(C)CC[C@]2(C(=O)O)CC[C@]3(C)C(=CC[C@@H]4[C@@]5(C)CC[C@H](O)C(C)(C)[C@@H]5CC[C@]43C)[C@@H]2C1.C[C@@H]1O[C@@H](OC[C@H]2O[C@@H](Oc3c(-c4ccc(O)c(O)c4)oc4cc(O)cc(O)c4c3=O)[C@H](O)[C@@H](O)[C@@H]2O)[C@H](O)[C@H](O)[C@H]1O.C[C@H]1[C@H](C)CC[C@]2(C(=O)O)CC[C@]3(C)C(=CC[C@@H]4[C@@]5(C)CC[C@H](O)C(C)(C)[C@@H]5CC[C@]43C)[C@H]12.O=c1c(OC2O[C@H](CO)[C@H](O)[C@H](O)[C@H]2O)c(-c2ccc(O)c(O)c2)oc2cc(O)cc(O)c12. The van der Waals surface area contributed by atoms with E-state index in [2.05, 4.69) is 109 Å². The third kappa shape index (κ3) is 17.1. The largest absolute Gasteiger partial charge is 0.508 e. The Bertz CT molecular complexity index is 5960. The van der Waals surface area contributed by atoms with Crippen LogP contribution in [0.4, 0.5) is 0 Å². The Labute approximate surface area is 823 Å². The van der Waals surface area contributed by atoms with Crippen molar-refractivity contribution in [3.63, 3.8) is 0 Å². The molecule has 13 aliphatic rings. The Morgan fingerprint density at radius 2 is 0.838 bits per heavy atom. The quantitative estimate of drug-likeness (QED) is 0.0400. The van der Waals surface area contributed by atoms with E-state index >= 15 is 0 Å². The van der Waals surface area contributed by atoms with Gasteiger partial charge in [-0.25, -0.2) is 0 Å². The van der Waals surface area contributed by atoms with Crippen molar-refractivity contribution in [3.05, 3.63) is 104 Å². The van der Waals surface area contributed by atoms with Crippen LogP contribution in [-0.4, -0.2) is 242 Å². The fraction of sp³-hybridized carbons (Fsp3) is 0.667. The molecule has 0 bridgehead atoms. The molecule has 4 aromatic carbocycles. The van der Waals surface area contributed by atoms with Gasteiger partial charge in [0.2, 0.25) is 34.9 Å². The molecule has 782 valence electrons. The van der Waals surface area contributed by atoms with E-state index < -0.39 is 208 Å². The fourth-order valence-corrected chi connectivity index (χ4v) is 29.8. The second-order valence-electron chi connectivity index (χ2n) is 47.3. The van der Waals surface area contributed by atoms with Crippen LogP contribution < -0.4 is 20.3 Å². The van der Waals surface area contributed by atoms with Crippen LogP contribution >= 0.6 is 0 Å². The number of aliphatic hydroxyl groups is 12. The number of phenolic OH excluding ortho intramolecular Hbond substituents is 8. The second kappa shape index (κ2) is 37.8. The van der Waals surface area contributed by atoms with Crippen LogP contribution in [0.15, 0.2) is 102 Å². The number of allylic oxidation sites excluding steroid dienone is 4. The first-order valence-electron chi connectivity index (χ1n) is 50.3. The number of rotatable bonds is 12. The number of phenols is 8. The van der Waals surface area contributed by atoms with Crippen molar-refractivity contribution < 1.29 is 159 Å². The molecular formula is C108H146O34. The molecule has 3 aliphatic heterocycles. The molecule has 0 spiro atoms. The maximum absolute atomic E-state index is 13.6. The number of aliphatic hydroxyl groups excluding tert-OH is 12. The van der Waals surface area contributed by atoms with Crippen LogP contribution in [0.2, 0.25) is 0 Å². The highest BCUT2D eigenvalue weighted by molar-refractivity contribution is 5.90. The van der Waals surface area contributed by atoms with Crippen molar-refractivity contribution in [2.75, 3.05) is 13.2 Å². The van der Waals surface area contributed by atoms with Gasteiger partial charge in [0, 0.05) is 35.4 Å². The van der Waals surface area contributed by atoms with Gasteiger partial charge in [0.15, 0.2) is 40.8 Å². The van der Waals surface area contributed by atoms with Gasteiger partial charge in [-0.15, -0.1) is 0 Å². The zero-order valence-corrected chi connectivity index (χ0v) is 83.4. The van der Waals surface area contributed by atoms with E-state index in [4.69, 9.17) is 37.3 Å². The smallest absolute Gasteiger partial charge is 0.310 e. The number of carboxylic acids is 2. The average molecular weight is 1990 g/mol. The Kier molecular flexibility index (Phi) is 28.2. The second-order valence-corrected chi connectivity index (χ2v) is 47.3. The van der Waals surface area contributed by atoms with E-state index in [1.165, 1.54) is 55.9 Å². The number of ether oxygens (including phenoxy) is 6. The Morgan fingerprint density at radius 3 is 1.30 bits per heavy atom. The minimum absolute atomic E-state index is 0.0201. The van der Waals surface area contributed by atoms with E-state index in [1.807, 2.05) is 0 Å². The Morgan fingerprint density at radius 1 is 0.415 bits per heavy atom. The number of aliphatic carboxylic acids is 2. The molecule has 142 heavy (non-hydrogen) atoms. The molecule has 34 heteroatoms. The summed E-state index contributed by atoms with van der Waals surface area (Å²) < 4.78 is 44.3. The predicted octanol–water partition coefficient (Wildman–Crippen LogP) is 12.1. The average Bonchev–Trinajstić information content (AvgIpc) is 0.675. The van der Waals surface area contributed by atoms with E-state index in [9.17, 15) is 132 Å². The summed E-state index contributed by atoms with van der Waals surface area (Å²) >= 11 is 0. The molecule has 0 radical (unpaired) electrons. The van der Waals surface area contributed by atoms with Crippen LogP contribution in [0.3, 0.4) is 0 Å². The van der Waals surface area contributed by atoms with E-state index in [0.717, 1.165) is 145 Å². The lowest BCUT2D eigenvalue weighted by Gasteiger charge is -2.71. The Balaban J connectivity index is 0.000000137. The van der Waals surface area contributed by atoms with Gasteiger partial charge in [0.25, 0.3) is 0 Å². The molecule has 19 rings (SSSR count). The van der Waals surface area contributed by atoms with Crippen molar-refractivity contribution >= 4 is 33.9 Å². The maximum atomic E-state index is 13.6. The molecule has 1 unspecified atom stereocenters. The number of aromatic hydroxyl groups is 8. The lowest BCUT2D eigenvalue weighted by atomic mass is 9.33. The van der Waals surface area contributed by atoms with E-state index in [1.54, 1.807) is 0 Å². The van der Waals surface area contributed by atoms with Crippen LogP contribution in [0.25, 0.3) is 44.6 Å². The van der Waals surface area contributed by atoms with Gasteiger partial charge < -0.3 is 150 Å². The number of benzene rings is 4. The number of hydrogen-bond donors (Lipinski definition) is 22. The number of carbonyl (C=O) groups is 2. The minimum Gasteiger partial charge on any atom is -0.508 e. The fourth-order valence-electron chi connectivity index (χ4n) is 29.8. The topological polar surface area (TPSA) is 595 Å². The summed E-state index contributed by atoms with van der Waals surface area (Å²) in [6.45, 7) is 34.0. The maximum Gasteiger partial charge on any atom is 0.310 e. The van der Waals surface area contributed by atoms with Crippen molar-refractivity contribution in [2.24, 2.45) is 107 Å². The Hall–Kier alpha value is -8.92. The molecule has 8 saturated carbocycles. The number of carboxylic acid groups (broad SMARTS) is 2. The molecule has 10 aliphatic carbocycles. The van der Waals surface area contributed by atoms with E-state index in [-0.39, 0.29) is 106 Å². The normalized spacial score (nSPS) is 40.9. The lowest BCUT2D eigenvalue weighted by Crippen LogP contribution is -2.65. The molecule has 22 N–H and O–H groups in total. The van der Waals surface area contributed by atoms with Gasteiger partial charge in [0.05, 0.1) is 42.4 Å². The highest BCUT2D eigenvalue weighted by Gasteiger charge is 2.73. The third-order valence-electron chi connectivity index (χ3n) is 39.0. The number of fused-ring (bicyclic) bond motifs is 16. The minimum atomic E-state index is -1.97. The molecule has 11 fully saturated rings. The van der Waals surface area contributed by atoms with Crippen LogP contribution in [0, 0.1) is 107 Å². The first-order valence-corrected chi connectivity index (χ1v) is 50.3. The molecular weight excluding hydrogens is 1840 g/mol. The summed E-state index contributed by atoms with van der Waals surface area (Å²) in [5.41, 5.74) is 0.593. The molecule has 5 heterocycles. The van der Waals surface area contributed by atoms with Crippen LogP contribution in [0.1, 0.15) is 226 Å². The first kappa shape index (κ1) is 106. The summed E-state index contributed by atoms with van der Waals surface area (Å²) in [6.07, 6.45) is -0.293. The van der Waals surface area contributed by atoms with Gasteiger partial charge in [-0.1, -0.05) is 120 Å². The van der Waals surface area contributed by atoms with Gasteiger partial charge in [-0.3, -0.25) is 19.2 Å². The van der Waals surface area contributed by atoms with Crippen LogP contribution in [-0.2, 0) is 28.5 Å². The first-order chi connectivity index (χ1) is 66.3. The zero-order valence-electron chi connectivity index (χ0n) is 83.4. The monoisotopic (exact) mass is 1990 g/mol. The van der Waals surface area contributed by atoms with Crippen molar-refractivity contribution in [3.8, 4) is 80.1 Å².